The number of aromatic nitrogens is 2. The number of nitrogens with zero attached hydrogens (tertiary/aromatic N) is 2. The molecule has 2 aromatic heterocycles. The molecule has 0 unspecified atom stereocenters. The molecule has 1 aliphatic rings. The van der Waals surface area contributed by atoms with Gasteiger partial charge in [0.15, 0.2) is 0 Å². The first kappa shape index (κ1) is 24.0. The Morgan fingerprint density at radius 3 is 2.48 bits per heavy atom. The third-order valence-corrected chi connectivity index (χ3v) is 5.98. The number of halogens is 3. The van der Waals surface area contributed by atoms with Crippen LogP contribution in [0, 0.1) is 6.92 Å². The smallest absolute Gasteiger partial charge is 0.433 e. The summed E-state index contributed by atoms with van der Waals surface area (Å²) < 4.78 is 53.4. The first-order valence-electron chi connectivity index (χ1n) is 9.74. The molecule has 5 atom stereocenters. The van der Waals surface area contributed by atoms with Crippen molar-refractivity contribution in [3.63, 3.8) is 0 Å². The molecule has 12 heteroatoms. The molecule has 1 aliphatic heterocycles. The highest BCUT2D eigenvalue weighted by molar-refractivity contribution is 7.10. The van der Waals surface area contributed by atoms with Crippen LogP contribution in [0.4, 0.5) is 13.2 Å². The fraction of sp³-hybridized carbons (Fsp3) is 0.632. The van der Waals surface area contributed by atoms with Crippen LogP contribution in [0.1, 0.15) is 35.0 Å². The molecule has 8 nitrogen and oxygen atoms in total. The van der Waals surface area contributed by atoms with E-state index in [0.29, 0.717) is 11.3 Å². The maximum atomic E-state index is 13.9. The predicted octanol–water partition coefficient (Wildman–Crippen LogP) is 1.45. The third-order valence-electron chi connectivity index (χ3n) is 4.93. The van der Waals surface area contributed by atoms with Crippen molar-refractivity contribution in [1.82, 2.24) is 9.78 Å². The van der Waals surface area contributed by atoms with Gasteiger partial charge < -0.3 is 29.9 Å². The highest BCUT2D eigenvalue weighted by atomic mass is 32.1. The second kappa shape index (κ2) is 9.43. The first-order valence-corrected chi connectivity index (χ1v) is 10.6. The van der Waals surface area contributed by atoms with Gasteiger partial charge in [0.2, 0.25) is 12.2 Å². The molecule has 3 heterocycles. The van der Waals surface area contributed by atoms with E-state index in [9.17, 15) is 33.6 Å². The number of rotatable bonds is 7. The van der Waals surface area contributed by atoms with Crippen LogP contribution in [0.2, 0.25) is 0 Å². The van der Waals surface area contributed by atoms with Crippen LogP contribution in [-0.4, -0.2) is 67.5 Å². The Hall–Kier alpha value is -1.70. The van der Waals surface area contributed by atoms with Gasteiger partial charge in [-0.25, -0.2) is 0 Å². The molecule has 0 radical (unpaired) electrons. The summed E-state index contributed by atoms with van der Waals surface area (Å²) >= 11 is 1.30. The average molecular weight is 466 g/mol. The van der Waals surface area contributed by atoms with Gasteiger partial charge in [0.1, 0.15) is 30.1 Å². The maximum absolute atomic E-state index is 13.9. The summed E-state index contributed by atoms with van der Waals surface area (Å²) in [5.74, 6) is -0.392. The third kappa shape index (κ3) is 5.04. The molecule has 1 saturated heterocycles. The number of hydrogen-bond acceptors (Lipinski definition) is 8. The van der Waals surface area contributed by atoms with E-state index < -0.39 is 55.1 Å². The monoisotopic (exact) mass is 466 g/mol. The minimum atomic E-state index is -4.71. The zero-order valence-electron chi connectivity index (χ0n) is 16.9. The minimum Gasteiger partial charge on any atom is -0.443 e. The highest BCUT2D eigenvalue weighted by Gasteiger charge is 2.46. The van der Waals surface area contributed by atoms with Gasteiger partial charge in [-0.15, -0.1) is 16.4 Å². The molecule has 4 N–H and O–H groups in total. The molecule has 3 rings (SSSR count). The number of aliphatic hydroxyl groups is 4. The number of hydrogen-bond donors (Lipinski definition) is 4. The number of ether oxygens (including phenoxy) is 2. The summed E-state index contributed by atoms with van der Waals surface area (Å²) in [4.78, 5) is 0.665. The second-order valence-corrected chi connectivity index (χ2v) is 8.43. The largest absolute Gasteiger partial charge is 0.443 e. The van der Waals surface area contributed by atoms with Crippen molar-refractivity contribution >= 4 is 11.3 Å². The summed E-state index contributed by atoms with van der Waals surface area (Å²) in [5, 5.41) is 45.2. The fourth-order valence-electron chi connectivity index (χ4n) is 3.45. The van der Waals surface area contributed by atoms with E-state index in [4.69, 9.17) is 9.47 Å². The van der Waals surface area contributed by atoms with Gasteiger partial charge in [0.25, 0.3) is 0 Å². The van der Waals surface area contributed by atoms with Crippen LogP contribution in [0.5, 0.6) is 5.88 Å². The SMILES string of the molecule is CCCn1nc(O[C@@H]2O[C@H](CO)[C@@H](O)[C@H](O)[C@H]2O)c(Cc2cc(C)cs2)c1C(F)(F)F. The topological polar surface area (TPSA) is 117 Å². The zero-order valence-corrected chi connectivity index (χ0v) is 17.7. The van der Waals surface area contributed by atoms with Crippen LogP contribution < -0.4 is 4.74 Å². The summed E-state index contributed by atoms with van der Waals surface area (Å²) in [6, 6.07) is 1.76. The van der Waals surface area contributed by atoms with Crippen molar-refractivity contribution in [2.45, 2.75) is 70.1 Å². The number of aryl methyl sites for hydroxylation is 2. The van der Waals surface area contributed by atoms with Gasteiger partial charge >= 0.3 is 6.18 Å². The second-order valence-electron chi connectivity index (χ2n) is 7.44. The molecule has 0 aromatic carbocycles. The van der Waals surface area contributed by atoms with Crippen molar-refractivity contribution in [2.75, 3.05) is 6.61 Å². The van der Waals surface area contributed by atoms with Crippen molar-refractivity contribution in [3.8, 4) is 5.88 Å². The van der Waals surface area contributed by atoms with Crippen molar-refractivity contribution in [1.29, 1.82) is 0 Å². The standard InChI is InChI=1S/C19H25F3N2O6S/c1-3-4-24-16(19(20,21)22)11(6-10-5-9(2)8-31-10)17(23-24)30-18-15(28)14(27)13(26)12(7-25)29-18/h5,8,12-15,18,25-28H,3-4,6-7H2,1-2H3/t12-,13-,14+,15-,18+/m1/s1. The lowest BCUT2D eigenvalue weighted by Crippen LogP contribution is -2.60. The quantitative estimate of drug-likeness (QED) is 0.488. The van der Waals surface area contributed by atoms with E-state index in [1.807, 2.05) is 12.3 Å². The summed E-state index contributed by atoms with van der Waals surface area (Å²) in [7, 11) is 0. The molecule has 0 amide bonds. The number of aliphatic hydroxyl groups excluding tert-OH is 4. The molecule has 0 saturated carbocycles. The minimum absolute atomic E-state index is 0.0106. The molecule has 2 aromatic rings. The van der Waals surface area contributed by atoms with Crippen molar-refractivity contribution in [3.05, 3.63) is 33.1 Å². The normalized spacial score (nSPS) is 26.9. The van der Waals surface area contributed by atoms with Crippen LogP contribution in [0.25, 0.3) is 0 Å². The maximum Gasteiger partial charge on any atom is 0.433 e. The van der Waals surface area contributed by atoms with Crippen LogP contribution >= 0.6 is 11.3 Å². The van der Waals surface area contributed by atoms with E-state index in [-0.39, 0.29) is 18.5 Å². The van der Waals surface area contributed by atoms with Gasteiger partial charge in [-0.3, -0.25) is 4.68 Å². The molecular formula is C19H25F3N2O6S. The lowest BCUT2D eigenvalue weighted by molar-refractivity contribution is -0.278. The van der Waals surface area contributed by atoms with Gasteiger partial charge in [-0.1, -0.05) is 6.92 Å². The summed E-state index contributed by atoms with van der Waals surface area (Å²) in [6.45, 7) is 2.84. The van der Waals surface area contributed by atoms with E-state index in [1.165, 1.54) is 11.3 Å². The first-order chi connectivity index (χ1) is 14.6. The number of thiophene rings is 1. The molecule has 1 fully saturated rings. The molecule has 0 aliphatic carbocycles. The lowest BCUT2D eigenvalue weighted by atomic mass is 9.99. The molecule has 174 valence electrons. The molecule has 31 heavy (non-hydrogen) atoms. The Morgan fingerprint density at radius 1 is 1.23 bits per heavy atom. The fourth-order valence-corrected chi connectivity index (χ4v) is 4.34. The predicted molar refractivity (Wildman–Crippen MR) is 104 cm³/mol. The van der Waals surface area contributed by atoms with Gasteiger partial charge in [-0.05, 0) is 30.4 Å². The Balaban J connectivity index is 2.01. The molecular weight excluding hydrogens is 441 g/mol. The summed E-state index contributed by atoms with van der Waals surface area (Å²) in [6.07, 6.45) is -12.4. The van der Waals surface area contributed by atoms with Crippen molar-refractivity contribution in [2.24, 2.45) is 0 Å². The van der Waals surface area contributed by atoms with Gasteiger partial charge in [0.05, 0.1) is 12.2 Å². The van der Waals surface area contributed by atoms with Crippen molar-refractivity contribution < 1.29 is 43.1 Å². The van der Waals surface area contributed by atoms with E-state index in [2.05, 4.69) is 5.10 Å². The van der Waals surface area contributed by atoms with E-state index in [0.717, 1.165) is 10.2 Å². The lowest BCUT2D eigenvalue weighted by Gasteiger charge is -2.39. The molecule has 0 spiro atoms. The van der Waals surface area contributed by atoms with Crippen LogP contribution in [-0.2, 0) is 23.9 Å². The average Bonchev–Trinajstić information content (AvgIpc) is 3.25. The Kier molecular flexibility index (Phi) is 7.28. The number of alkyl halides is 3. The van der Waals surface area contributed by atoms with Gasteiger partial charge in [-0.2, -0.15) is 13.2 Å². The Labute approximate surface area is 180 Å². The Morgan fingerprint density at radius 2 is 1.94 bits per heavy atom. The van der Waals surface area contributed by atoms with Gasteiger partial charge in [0, 0.05) is 17.8 Å². The van der Waals surface area contributed by atoms with Crippen LogP contribution in [0.3, 0.4) is 0 Å². The van der Waals surface area contributed by atoms with E-state index in [1.54, 1.807) is 13.0 Å². The molecule has 0 bridgehead atoms. The highest BCUT2D eigenvalue weighted by Crippen LogP contribution is 2.39. The van der Waals surface area contributed by atoms with Crippen LogP contribution in [0.15, 0.2) is 11.4 Å². The Bertz CT molecular complexity index is 885. The zero-order chi connectivity index (χ0) is 22.9. The summed E-state index contributed by atoms with van der Waals surface area (Å²) in [5.41, 5.74) is -0.273. The van der Waals surface area contributed by atoms with E-state index >= 15 is 0 Å².